The molecule has 0 atom stereocenters. The molecule has 98 valence electrons. The molecule has 0 radical (unpaired) electrons. The highest BCUT2D eigenvalue weighted by molar-refractivity contribution is 8.00. The first-order valence-electron chi connectivity index (χ1n) is 5.50. The maximum atomic E-state index is 11.3. The first kappa shape index (κ1) is 14.5. The van der Waals surface area contributed by atoms with Crippen LogP contribution in [0.4, 0.5) is 5.69 Å². The first-order chi connectivity index (χ1) is 8.61. The minimum atomic E-state index is -0.112. The van der Waals surface area contributed by atoms with E-state index in [0.29, 0.717) is 5.75 Å². The van der Waals surface area contributed by atoms with E-state index in [1.54, 1.807) is 12.1 Å². The van der Waals surface area contributed by atoms with E-state index in [9.17, 15) is 9.59 Å². The summed E-state index contributed by atoms with van der Waals surface area (Å²) in [6.07, 6.45) is 0. The Labute approximate surface area is 110 Å². The van der Waals surface area contributed by atoms with Gasteiger partial charge in [0.2, 0.25) is 11.8 Å². The van der Waals surface area contributed by atoms with Crippen molar-refractivity contribution in [2.24, 2.45) is 0 Å². The monoisotopic (exact) mass is 268 g/mol. The normalized spacial score (nSPS) is 9.89. The van der Waals surface area contributed by atoms with Gasteiger partial charge in [0.1, 0.15) is 0 Å². The van der Waals surface area contributed by atoms with Crippen molar-refractivity contribution in [3.05, 3.63) is 24.3 Å². The Morgan fingerprint density at radius 3 is 2.50 bits per heavy atom. The lowest BCUT2D eigenvalue weighted by Crippen LogP contribution is -2.27. The molecule has 0 fully saturated rings. The summed E-state index contributed by atoms with van der Waals surface area (Å²) in [6, 6.07) is 7.26. The number of aliphatic hydroxyl groups is 1. The first-order valence-corrected chi connectivity index (χ1v) is 6.48. The molecule has 0 unspecified atom stereocenters. The summed E-state index contributed by atoms with van der Waals surface area (Å²) in [5, 5.41) is 13.8. The number of rotatable bonds is 6. The highest BCUT2D eigenvalue weighted by Gasteiger charge is 2.02. The predicted octanol–water partition coefficient (Wildman–Crippen LogP) is 0.846. The Kier molecular flexibility index (Phi) is 6.24. The van der Waals surface area contributed by atoms with Crippen molar-refractivity contribution in [1.82, 2.24) is 5.32 Å². The van der Waals surface area contributed by atoms with Crippen molar-refractivity contribution in [2.75, 3.05) is 24.2 Å². The zero-order valence-electron chi connectivity index (χ0n) is 10.1. The molecule has 5 nitrogen and oxygen atoms in total. The Morgan fingerprint density at radius 2 is 1.94 bits per heavy atom. The molecular formula is C12H16N2O3S. The van der Waals surface area contributed by atoms with Gasteiger partial charge in [0.15, 0.2) is 0 Å². The third kappa shape index (κ3) is 5.70. The summed E-state index contributed by atoms with van der Waals surface area (Å²) in [5.41, 5.74) is 0.733. The van der Waals surface area contributed by atoms with E-state index >= 15 is 0 Å². The van der Waals surface area contributed by atoms with Crippen molar-refractivity contribution < 1.29 is 14.7 Å². The second-order valence-corrected chi connectivity index (χ2v) is 4.62. The molecule has 0 aromatic heterocycles. The number of aliphatic hydroxyl groups excluding tert-OH is 1. The minimum Gasteiger partial charge on any atom is -0.395 e. The molecule has 2 amide bonds. The highest BCUT2D eigenvalue weighted by Crippen LogP contribution is 2.19. The molecule has 0 bridgehead atoms. The van der Waals surface area contributed by atoms with E-state index in [-0.39, 0.29) is 25.0 Å². The third-order valence-electron chi connectivity index (χ3n) is 1.98. The van der Waals surface area contributed by atoms with Crippen LogP contribution < -0.4 is 10.6 Å². The fraction of sp³-hybridized carbons (Fsp3) is 0.333. The summed E-state index contributed by atoms with van der Waals surface area (Å²) in [5.74, 6) is 0.0817. The van der Waals surface area contributed by atoms with E-state index in [1.807, 2.05) is 12.1 Å². The average molecular weight is 268 g/mol. The maximum Gasteiger partial charge on any atom is 0.230 e. The third-order valence-corrected chi connectivity index (χ3v) is 2.99. The molecule has 0 saturated carbocycles. The molecule has 0 heterocycles. The highest BCUT2D eigenvalue weighted by atomic mass is 32.2. The molecule has 3 N–H and O–H groups in total. The van der Waals surface area contributed by atoms with Crippen molar-refractivity contribution >= 4 is 29.3 Å². The molecule has 1 aromatic carbocycles. The number of amides is 2. The van der Waals surface area contributed by atoms with E-state index in [2.05, 4.69) is 10.6 Å². The van der Waals surface area contributed by atoms with E-state index in [4.69, 9.17) is 5.11 Å². The lowest BCUT2D eigenvalue weighted by atomic mass is 10.3. The number of anilines is 1. The second kappa shape index (κ2) is 7.73. The Bertz CT molecular complexity index is 406. The lowest BCUT2D eigenvalue weighted by molar-refractivity contribution is -0.118. The molecule has 0 aliphatic heterocycles. The number of thioether (sulfide) groups is 1. The fourth-order valence-corrected chi connectivity index (χ4v) is 1.96. The molecular weight excluding hydrogens is 252 g/mol. The standard InChI is InChI=1S/C12H16N2O3S/c1-9(16)14-10-2-4-11(5-3-10)18-8-12(17)13-6-7-15/h2-5,15H,6-8H2,1H3,(H,13,17)(H,14,16). The number of hydrogen-bond acceptors (Lipinski definition) is 4. The summed E-state index contributed by atoms with van der Waals surface area (Å²) < 4.78 is 0. The van der Waals surface area contributed by atoms with Gasteiger partial charge >= 0.3 is 0 Å². The molecule has 0 saturated heterocycles. The van der Waals surface area contributed by atoms with Crippen molar-refractivity contribution in [2.45, 2.75) is 11.8 Å². The van der Waals surface area contributed by atoms with Crippen molar-refractivity contribution in [1.29, 1.82) is 0 Å². The Morgan fingerprint density at radius 1 is 1.28 bits per heavy atom. The summed E-state index contributed by atoms with van der Waals surface area (Å²) >= 11 is 1.40. The van der Waals surface area contributed by atoms with Crippen LogP contribution in [0.25, 0.3) is 0 Å². The van der Waals surface area contributed by atoms with Gasteiger partial charge in [0.25, 0.3) is 0 Å². The number of nitrogens with one attached hydrogen (secondary N) is 2. The molecule has 6 heteroatoms. The van der Waals surface area contributed by atoms with Crippen molar-refractivity contribution in [3.8, 4) is 0 Å². The number of carbonyl (C=O) groups excluding carboxylic acids is 2. The molecule has 0 spiro atoms. The quantitative estimate of drug-likeness (QED) is 0.668. The Balaban J connectivity index is 2.39. The maximum absolute atomic E-state index is 11.3. The van der Waals surface area contributed by atoms with E-state index < -0.39 is 0 Å². The van der Waals surface area contributed by atoms with Gasteiger partial charge in [-0.2, -0.15) is 0 Å². The topological polar surface area (TPSA) is 78.4 Å². The van der Waals surface area contributed by atoms with Crippen LogP contribution in [-0.2, 0) is 9.59 Å². The van der Waals surface area contributed by atoms with Gasteiger partial charge in [-0.15, -0.1) is 11.8 Å². The summed E-state index contributed by atoms with van der Waals surface area (Å²) in [4.78, 5) is 23.1. The van der Waals surface area contributed by atoms with Crippen LogP contribution in [0.3, 0.4) is 0 Å². The van der Waals surface area contributed by atoms with Gasteiger partial charge in [-0.1, -0.05) is 0 Å². The van der Waals surface area contributed by atoms with Crippen molar-refractivity contribution in [3.63, 3.8) is 0 Å². The van der Waals surface area contributed by atoms with Gasteiger partial charge < -0.3 is 15.7 Å². The second-order valence-electron chi connectivity index (χ2n) is 3.57. The fourth-order valence-electron chi connectivity index (χ4n) is 1.23. The van der Waals surface area contributed by atoms with Gasteiger partial charge in [0, 0.05) is 24.1 Å². The predicted molar refractivity (Wildman–Crippen MR) is 71.6 cm³/mol. The van der Waals surface area contributed by atoms with Gasteiger partial charge in [-0.3, -0.25) is 9.59 Å². The van der Waals surface area contributed by atoms with E-state index in [0.717, 1.165) is 10.6 Å². The van der Waals surface area contributed by atoms with Crippen LogP contribution in [0.2, 0.25) is 0 Å². The summed E-state index contributed by atoms with van der Waals surface area (Å²) in [6.45, 7) is 1.68. The van der Waals surface area contributed by atoms with Crippen LogP contribution >= 0.6 is 11.8 Å². The van der Waals surface area contributed by atoms with Crippen LogP contribution in [0.5, 0.6) is 0 Å². The van der Waals surface area contributed by atoms with Gasteiger partial charge in [-0.05, 0) is 24.3 Å². The zero-order valence-corrected chi connectivity index (χ0v) is 10.9. The largest absolute Gasteiger partial charge is 0.395 e. The average Bonchev–Trinajstić information content (AvgIpc) is 2.35. The zero-order chi connectivity index (χ0) is 13.4. The smallest absolute Gasteiger partial charge is 0.230 e. The molecule has 1 rings (SSSR count). The molecule has 0 aliphatic carbocycles. The van der Waals surface area contributed by atoms with Crippen LogP contribution in [0.15, 0.2) is 29.2 Å². The lowest BCUT2D eigenvalue weighted by Gasteiger charge is -2.05. The van der Waals surface area contributed by atoms with E-state index in [1.165, 1.54) is 18.7 Å². The SMILES string of the molecule is CC(=O)Nc1ccc(SCC(=O)NCCO)cc1. The van der Waals surface area contributed by atoms with Crippen LogP contribution in [0, 0.1) is 0 Å². The van der Waals surface area contributed by atoms with Gasteiger partial charge in [0.05, 0.1) is 12.4 Å². The molecule has 0 aliphatic rings. The molecule has 1 aromatic rings. The number of carbonyl (C=O) groups is 2. The number of benzene rings is 1. The van der Waals surface area contributed by atoms with Gasteiger partial charge in [-0.25, -0.2) is 0 Å². The van der Waals surface area contributed by atoms with Crippen LogP contribution in [0.1, 0.15) is 6.92 Å². The van der Waals surface area contributed by atoms with Crippen LogP contribution in [-0.4, -0.2) is 35.8 Å². The molecule has 18 heavy (non-hydrogen) atoms. The number of hydrogen-bond donors (Lipinski definition) is 3. The summed E-state index contributed by atoms with van der Waals surface area (Å²) in [7, 11) is 0. The minimum absolute atomic E-state index is 0.0538. The Hall–Kier alpha value is -1.53.